The number of aldehydes is 1. The molecular weight excluding hydrogens is 225 g/mol. The maximum atomic E-state index is 12.0. The number of phenolic OH excluding ortho intramolecular Hbond substituents is 1. The number of aromatic hydroxyl groups is 1. The van der Waals surface area contributed by atoms with Crippen LogP contribution in [-0.2, 0) is 4.79 Å². The number of benzene rings is 1. The molecule has 6 heteroatoms. The van der Waals surface area contributed by atoms with Crippen molar-refractivity contribution in [3.05, 3.63) is 29.8 Å². The van der Waals surface area contributed by atoms with Gasteiger partial charge < -0.3 is 9.84 Å². The summed E-state index contributed by atoms with van der Waals surface area (Å²) < 4.78 is 39.6. The Morgan fingerprint density at radius 2 is 2.00 bits per heavy atom. The summed E-state index contributed by atoms with van der Waals surface area (Å²) in [6.45, 7) is 0. The van der Waals surface area contributed by atoms with E-state index < -0.39 is 12.1 Å². The molecule has 0 amide bonds. The largest absolute Gasteiger partial charge is 0.573 e. The van der Waals surface area contributed by atoms with Gasteiger partial charge in [0, 0.05) is 5.56 Å². The Hall–Kier alpha value is -1.98. The van der Waals surface area contributed by atoms with Gasteiger partial charge in [-0.15, -0.1) is 13.2 Å². The highest BCUT2D eigenvalue weighted by Gasteiger charge is 2.31. The lowest BCUT2D eigenvalue weighted by Gasteiger charge is -2.11. The lowest BCUT2D eigenvalue weighted by molar-refractivity contribution is -0.274. The van der Waals surface area contributed by atoms with E-state index in [4.69, 9.17) is 5.11 Å². The van der Waals surface area contributed by atoms with Gasteiger partial charge >= 0.3 is 6.36 Å². The number of carbonyl (C=O) groups is 1. The van der Waals surface area contributed by atoms with Gasteiger partial charge in [-0.25, -0.2) is 0 Å². The second kappa shape index (κ2) is 4.69. The molecule has 0 unspecified atom stereocenters. The Morgan fingerprint density at radius 1 is 1.31 bits per heavy atom. The molecule has 1 N–H and O–H groups in total. The number of rotatable bonds is 3. The van der Waals surface area contributed by atoms with Crippen LogP contribution in [0.2, 0.25) is 0 Å². The molecule has 3 nitrogen and oxygen atoms in total. The van der Waals surface area contributed by atoms with E-state index in [2.05, 4.69) is 4.74 Å². The minimum absolute atomic E-state index is 0.0376. The van der Waals surface area contributed by atoms with Crippen LogP contribution in [0.1, 0.15) is 5.56 Å². The molecule has 0 aliphatic heterocycles. The van der Waals surface area contributed by atoms with Gasteiger partial charge in [-0.3, -0.25) is 4.79 Å². The fraction of sp³-hybridized carbons (Fsp3) is 0.100. The molecule has 0 bridgehead atoms. The van der Waals surface area contributed by atoms with E-state index in [1.807, 2.05) is 0 Å². The van der Waals surface area contributed by atoms with Crippen LogP contribution in [0.3, 0.4) is 0 Å². The Labute approximate surface area is 88.8 Å². The van der Waals surface area contributed by atoms with Gasteiger partial charge in [-0.2, -0.15) is 0 Å². The van der Waals surface area contributed by atoms with Gasteiger partial charge in [0.1, 0.15) is 17.8 Å². The fourth-order valence-electron chi connectivity index (χ4n) is 1.03. The van der Waals surface area contributed by atoms with Crippen molar-refractivity contribution >= 4 is 12.4 Å². The maximum absolute atomic E-state index is 12.0. The molecule has 1 aromatic rings. The third kappa shape index (κ3) is 3.64. The third-order valence-corrected chi connectivity index (χ3v) is 1.57. The number of hydrogen-bond acceptors (Lipinski definition) is 3. The van der Waals surface area contributed by atoms with Crippen LogP contribution in [-0.4, -0.2) is 17.8 Å². The van der Waals surface area contributed by atoms with Crippen LogP contribution >= 0.6 is 0 Å². The van der Waals surface area contributed by atoms with Gasteiger partial charge in [0.05, 0.1) is 0 Å². The minimum Gasteiger partial charge on any atom is -0.508 e. The molecule has 1 aromatic carbocycles. The van der Waals surface area contributed by atoms with Gasteiger partial charge in [0.2, 0.25) is 0 Å². The molecule has 0 aromatic heterocycles. The Kier molecular flexibility index (Phi) is 3.55. The SMILES string of the molecule is O=CC=Cc1cc(O)ccc1OC(F)(F)F. The summed E-state index contributed by atoms with van der Waals surface area (Å²) >= 11 is 0. The summed E-state index contributed by atoms with van der Waals surface area (Å²) in [5, 5.41) is 9.08. The van der Waals surface area contributed by atoms with Gasteiger partial charge in [0.25, 0.3) is 0 Å². The summed E-state index contributed by atoms with van der Waals surface area (Å²) in [6.07, 6.45) is -2.31. The van der Waals surface area contributed by atoms with Crippen molar-refractivity contribution in [2.24, 2.45) is 0 Å². The van der Waals surface area contributed by atoms with Crippen LogP contribution in [0.4, 0.5) is 13.2 Å². The molecule has 0 aliphatic rings. The van der Waals surface area contributed by atoms with Gasteiger partial charge in [0.15, 0.2) is 0 Å². The highest BCUT2D eigenvalue weighted by atomic mass is 19.4. The highest BCUT2D eigenvalue weighted by Crippen LogP contribution is 2.29. The summed E-state index contributed by atoms with van der Waals surface area (Å²) in [5.74, 6) is -0.705. The van der Waals surface area contributed by atoms with Gasteiger partial charge in [-0.1, -0.05) is 0 Å². The number of alkyl halides is 3. The average Bonchev–Trinajstić information content (AvgIpc) is 2.16. The Bertz CT molecular complexity index is 410. The van der Waals surface area contributed by atoms with Crippen molar-refractivity contribution in [1.82, 2.24) is 0 Å². The number of hydrogen-bond donors (Lipinski definition) is 1. The predicted octanol–water partition coefficient (Wildman–Crippen LogP) is 2.50. The normalized spacial score (nSPS) is 11.7. The molecule has 0 radical (unpaired) electrons. The van der Waals surface area contributed by atoms with Gasteiger partial charge in [-0.05, 0) is 30.4 Å². The monoisotopic (exact) mass is 232 g/mol. The predicted molar refractivity (Wildman–Crippen MR) is 49.9 cm³/mol. The molecule has 0 heterocycles. The molecule has 0 fully saturated rings. The standard InChI is InChI=1S/C10H7F3O3/c11-10(12,13)16-9-4-3-8(15)6-7(9)2-1-5-14/h1-6,15H. The molecular formula is C10H7F3O3. The maximum Gasteiger partial charge on any atom is 0.573 e. The zero-order valence-corrected chi connectivity index (χ0v) is 7.86. The second-order valence-electron chi connectivity index (χ2n) is 2.77. The van der Waals surface area contributed by atoms with Crippen LogP contribution in [0.15, 0.2) is 24.3 Å². The Morgan fingerprint density at radius 3 is 2.56 bits per heavy atom. The zero-order valence-electron chi connectivity index (χ0n) is 7.86. The van der Waals surface area contributed by atoms with E-state index in [1.165, 1.54) is 0 Å². The average molecular weight is 232 g/mol. The first kappa shape index (κ1) is 12.1. The van der Waals surface area contributed by atoms with E-state index in [0.29, 0.717) is 6.29 Å². The molecule has 0 saturated carbocycles. The highest BCUT2D eigenvalue weighted by molar-refractivity contribution is 5.75. The number of allylic oxidation sites excluding steroid dienone is 1. The summed E-state index contributed by atoms with van der Waals surface area (Å²) in [4.78, 5) is 10.0. The first-order chi connectivity index (χ1) is 7.42. The van der Waals surface area contributed by atoms with Crippen molar-refractivity contribution in [3.8, 4) is 11.5 Å². The number of phenols is 1. The van der Waals surface area contributed by atoms with E-state index in [9.17, 15) is 18.0 Å². The van der Waals surface area contributed by atoms with Crippen LogP contribution < -0.4 is 4.74 Å². The first-order valence-corrected chi connectivity index (χ1v) is 4.13. The van der Waals surface area contributed by atoms with Crippen LogP contribution in [0.25, 0.3) is 6.08 Å². The molecule has 0 spiro atoms. The molecule has 1 rings (SSSR count). The topological polar surface area (TPSA) is 46.5 Å². The smallest absolute Gasteiger partial charge is 0.508 e. The lowest BCUT2D eigenvalue weighted by atomic mass is 10.2. The molecule has 0 atom stereocenters. The summed E-state index contributed by atoms with van der Waals surface area (Å²) in [7, 11) is 0. The first-order valence-electron chi connectivity index (χ1n) is 4.13. The van der Waals surface area contributed by atoms with Crippen molar-refractivity contribution in [2.45, 2.75) is 6.36 Å². The summed E-state index contributed by atoms with van der Waals surface area (Å²) in [6, 6.07) is 3.08. The third-order valence-electron chi connectivity index (χ3n) is 1.57. The number of halogens is 3. The number of carbonyl (C=O) groups excluding carboxylic acids is 1. The fourth-order valence-corrected chi connectivity index (χ4v) is 1.03. The second-order valence-corrected chi connectivity index (χ2v) is 2.77. The van der Waals surface area contributed by atoms with E-state index in [0.717, 1.165) is 30.4 Å². The molecule has 86 valence electrons. The molecule has 0 saturated heterocycles. The molecule has 0 aliphatic carbocycles. The quantitative estimate of drug-likeness (QED) is 0.643. The lowest BCUT2D eigenvalue weighted by Crippen LogP contribution is -2.17. The van der Waals surface area contributed by atoms with Crippen molar-refractivity contribution in [2.75, 3.05) is 0 Å². The Balaban J connectivity index is 3.07. The van der Waals surface area contributed by atoms with Crippen molar-refractivity contribution in [1.29, 1.82) is 0 Å². The van der Waals surface area contributed by atoms with E-state index in [-0.39, 0.29) is 11.3 Å². The van der Waals surface area contributed by atoms with Crippen LogP contribution in [0, 0.1) is 0 Å². The van der Waals surface area contributed by atoms with Crippen molar-refractivity contribution in [3.63, 3.8) is 0 Å². The van der Waals surface area contributed by atoms with E-state index in [1.54, 1.807) is 0 Å². The number of ether oxygens (including phenoxy) is 1. The van der Waals surface area contributed by atoms with Crippen LogP contribution in [0.5, 0.6) is 11.5 Å². The minimum atomic E-state index is -4.82. The summed E-state index contributed by atoms with van der Waals surface area (Å²) in [5.41, 5.74) is -0.0376. The van der Waals surface area contributed by atoms with Crippen molar-refractivity contribution < 1.29 is 27.8 Å². The zero-order chi connectivity index (χ0) is 12.2. The van der Waals surface area contributed by atoms with E-state index >= 15 is 0 Å². The molecule has 16 heavy (non-hydrogen) atoms.